The Labute approximate surface area is 226 Å². The molecule has 9 nitrogen and oxygen atoms in total. The summed E-state index contributed by atoms with van der Waals surface area (Å²) >= 11 is 0. The second kappa shape index (κ2) is 13.4. The molecule has 39 heavy (non-hydrogen) atoms. The number of allylic oxidation sites excluding steroid dienone is 2. The fourth-order valence-electron chi connectivity index (χ4n) is 4.13. The van der Waals surface area contributed by atoms with Crippen molar-refractivity contribution in [3.05, 3.63) is 88.0 Å². The van der Waals surface area contributed by atoms with Crippen molar-refractivity contribution in [3.63, 3.8) is 0 Å². The zero-order valence-electron chi connectivity index (χ0n) is 22.6. The summed E-state index contributed by atoms with van der Waals surface area (Å²) in [7, 11) is 0. The summed E-state index contributed by atoms with van der Waals surface area (Å²) in [6.07, 6.45) is 0. The van der Waals surface area contributed by atoms with Crippen LogP contribution in [0.1, 0.15) is 51.7 Å². The first-order valence-corrected chi connectivity index (χ1v) is 12.5. The predicted molar refractivity (Wildman–Crippen MR) is 143 cm³/mol. The summed E-state index contributed by atoms with van der Waals surface area (Å²) in [5, 5.41) is 7.11. The molecule has 0 radical (unpaired) electrons. The van der Waals surface area contributed by atoms with E-state index >= 15 is 0 Å². The number of halogens is 1. The van der Waals surface area contributed by atoms with E-state index in [1.807, 2.05) is 0 Å². The van der Waals surface area contributed by atoms with Gasteiger partial charge in [0, 0.05) is 11.4 Å². The van der Waals surface area contributed by atoms with Gasteiger partial charge in [0.25, 0.3) is 5.91 Å². The SMILES string of the molecule is CCOC(=O)C1=C(C)NC(C)=C(C(=O)OCC)C1c1ccc(OCC(=O)N/N=C(\C)c2ccc(F)cc2)cc1. The van der Waals surface area contributed by atoms with E-state index in [0.717, 1.165) is 0 Å². The van der Waals surface area contributed by atoms with Gasteiger partial charge >= 0.3 is 11.9 Å². The molecule has 0 aromatic heterocycles. The first-order chi connectivity index (χ1) is 18.7. The van der Waals surface area contributed by atoms with Gasteiger partial charge < -0.3 is 19.5 Å². The van der Waals surface area contributed by atoms with Crippen molar-refractivity contribution >= 4 is 23.6 Å². The third-order valence-electron chi connectivity index (χ3n) is 5.94. The molecule has 0 atom stereocenters. The van der Waals surface area contributed by atoms with E-state index in [4.69, 9.17) is 14.2 Å². The van der Waals surface area contributed by atoms with E-state index < -0.39 is 23.8 Å². The Kier molecular flexibility index (Phi) is 9.97. The third-order valence-corrected chi connectivity index (χ3v) is 5.94. The molecule has 0 bridgehead atoms. The van der Waals surface area contributed by atoms with Crippen molar-refractivity contribution < 1.29 is 33.0 Å². The summed E-state index contributed by atoms with van der Waals surface area (Å²) in [5.74, 6) is -2.22. The number of hydrazone groups is 1. The number of amides is 1. The maximum atomic E-state index is 13.1. The molecular formula is C29H32FN3O6. The van der Waals surface area contributed by atoms with E-state index in [1.54, 1.807) is 71.0 Å². The maximum Gasteiger partial charge on any atom is 0.336 e. The fourth-order valence-corrected chi connectivity index (χ4v) is 4.13. The van der Waals surface area contributed by atoms with Gasteiger partial charge in [-0.3, -0.25) is 4.79 Å². The Balaban J connectivity index is 1.75. The second-order valence-corrected chi connectivity index (χ2v) is 8.67. The van der Waals surface area contributed by atoms with E-state index in [-0.39, 0.29) is 25.6 Å². The highest BCUT2D eigenvalue weighted by atomic mass is 19.1. The average Bonchev–Trinajstić information content (AvgIpc) is 2.91. The molecular weight excluding hydrogens is 505 g/mol. The highest BCUT2D eigenvalue weighted by molar-refractivity contribution is 6.00. The number of ether oxygens (including phenoxy) is 3. The van der Waals surface area contributed by atoms with Crippen LogP contribution in [0.5, 0.6) is 5.75 Å². The molecule has 0 saturated carbocycles. The van der Waals surface area contributed by atoms with Gasteiger partial charge in [-0.25, -0.2) is 19.4 Å². The molecule has 2 aromatic rings. The number of nitrogens with zero attached hydrogens (tertiary/aromatic N) is 1. The Morgan fingerprint density at radius 3 is 1.95 bits per heavy atom. The molecule has 1 aliphatic heterocycles. The van der Waals surface area contributed by atoms with Crippen molar-refractivity contribution in [2.45, 2.75) is 40.5 Å². The van der Waals surface area contributed by atoms with E-state index in [0.29, 0.717) is 45.1 Å². The van der Waals surface area contributed by atoms with Gasteiger partial charge in [-0.2, -0.15) is 5.10 Å². The lowest BCUT2D eigenvalue weighted by Crippen LogP contribution is -2.32. The summed E-state index contributed by atoms with van der Waals surface area (Å²) in [6.45, 7) is 8.68. The van der Waals surface area contributed by atoms with Gasteiger partial charge in [0.1, 0.15) is 11.6 Å². The van der Waals surface area contributed by atoms with E-state index in [1.165, 1.54) is 12.1 Å². The molecule has 2 N–H and O–H groups in total. The van der Waals surface area contributed by atoms with Crippen LogP contribution >= 0.6 is 0 Å². The topological polar surface area (TPSA) is 115 Å². The van der Waals surface area contributed by atoms with Crippen molar-refractivity contribution in [1.82, 2.24) is 10.7 Å². The van der Waals surface area contributed by atoms with Gasteiger partial charge in [0.15, 0.2) is 6.61 Å². The first-order valence-electron chi connectivity index (χ1n) is 12.5. The van der Waals surface area contributed by atoms with Crippen molar-refractivity contribution in [1.29, 1.82) is 0 Å². The lowest BCUT2D eigenvalue weighted by Gasteiger charge is -2.30. The van der Waals surface area contributed by atoms with Crippen LogP contribution in [-0.4, -0.2) is 43.4 Å². The van der Waals surface area contributed by atoms with Crippen LogP contribution in [-0.2, 0) is 23.9 Å². The summed E-state index contributed by atoms with van der Waals surface area (Å²) in [6, 6.07) is 12.5. The lowest BCUT2D eigenvalue weighted by molar-refractivity contribution is -0.139. The first kappa shape index (κ1) is 29.1. The van der Waals surface area contributed by atoms with E-state index in [2.05, 4.69) is 15.8 Å². The van der Waals surface area contributed by atoms with Gasteiger partial charge in [-0.05, 0) is 70.0 Å². The highest BCUT2D eigenvalue weighted by Crippen LogP contribution is 2.39. The minimum Gasteiger partial charge on any atom is -0.484 e. The number of nitrogens with one attached hydrogen (secondary N) is 2. The Hall–Kier alpha value is -4.47. The molecule has 0 saturated heterocycles. The van der Waals surface area contributed by atoms with Gasteiger partial charge in [-0.15, -0.1) is 0 Å². The Bertz CT molecular complexity index is 1270. The molecule has 0 spiro atoms. The normalized spacial score (nSPS) is 14.1. The number of dihydropyridines is 1. The number of carbonyl (C=O) groups excluding carboxylic acids is 3. The summed E-state index contributed by atoms with van der Waals surface area (Å²) in [4.78, 5) is 38.0. The van der Waals surface area contributed by atoms with Crippen molar-refractivity contribution in [3.8, 4) is 5.75 Å². The van der Waals surface area contributed by atoms with Crippen molar-refractivity contribution in [2.75, 3.05) is 19.8 Å². The molecule has 1 amide bonds. The smallest absolute Gasteiger partial charge is 0.336 e. The lowest BCUT2D eigenvalue weighted by atomic mass is 9.80. The molecule has 1 aliphatic rings. The summed E-state index contributed by atoms with van der Waals surface area (Å²) in [5.41, 5.74) is 6.03. The number of hydrogen-bond donors (Lipinski definition) is 2. The molecule has 10 heteroatoms. The van der Waals surface area contributed by atoms with Crippen LogP contribution in [0, 0.1) is 5.82 Å². The molecule has 1 heterocycles. The molecule has 0 unspecified atom stereocenters. The molecule has 3 rings (SSSR count). The van der Waals surface area contributed by atoms with Crippen molar-refractivity contribution in [2.24, 2.45) is 5.10 Å². The monoisotopic (exact) mass is 537 g/mol. The third kappa shape index (κ3) is 7.31. The predicted octanol–water partition coefficient (Wildman–Crippen LogP) is 4.11. The molecule has 2 aromatic carbocycles. The molecule has 0 aliphatic carbocycles. The number of benzene rings is 2. The van der Waals surface area contributed by atoms with E-state index in [9.17, 15) is 18.8 Å². The standard InChI is InChI=1S/C29H32FN3O6/c1-6-37-28(35)25-18(4)31-19(5)26(29(36)38-7-2)27(25)21-10-14-23(15-11-21)39-16-24(34)33-32-17(3)20-8-12-22(30)13-9-20/h8-15,27,31H,6-7,16H2,1-5H3,(H,33,34)/b32-17+. The maximum absolute atomic E-state index is 13.1. The van der Waals surface area contributed by atoms with Gasteiger partial charge in [0.2, 0.25) is 0 Å². The van der Waals surface area contributed by atoms with Gasteiger partial charge in [0.05, 0.1) is 36.0 Å². The molecule has 206 valence electrons. The van der Waals surface area contributed by atoms with Crippen LogP contribution in [0.3, 0.4) is 0 Å². The quantitative estimate of drug-likeness (QED) is 0.266. The minimum absolute atomic E-state index is 0.183. The van der Waals surface area contributed by atoms with Crippen LogP contribution in [0.25, 0.3) is 0 Å². The zero-order chi connectivity index (χ0) is 28.5. The highest BCUT2D eigenvalue weighted by Gasteiger charge is 2.37. The second-order valence-electron chi connectivity index (χ2n) is 8.67. The minimum atomic E-state index is -0.717. The fraction of sp³-hybridized carbons (Fsp3) is 0.310. The number of esters is 2. The Morgan fingerprint density at radius 2 is 1.44 bits per heavy atom. The average molecular weight is 538 g/mol. The van der Waals surface area contributed by atoms with Crippen LogP contribution in [0.2, 0.25) is 0 Å². The van der Waals surface area contributed by atoms with Crippen LogP contribution < -0.4 is 15.5 Å². The number of hydrogen-bond acceptors (Lipinski definition) is 8. The number of carbonyl (C=O) groups is 3. The zero-order valence-corrected chi connectivity index (χ0v) is 22.6. The molecule has 0 fully saturated rings. The largest absolute Gasteiger partial charge is 0.484 e. The Morgan fingerprint density at radius 1 is 0.897 bits per heavy atom. The summed E-state index contributed by atoms with van der Waals surface area (Å²) < 4.78 is 29.2. The number of rotatable bonds is 10. The van der Waals surface area contributed by atoms with Crippen LogP contribution in [0.15, 0.2) is 76.2 Å². The van der Waals surface area contributed by atoms with Crippen LogP contribution in [0.4, 0.5) is 4.39 Å². The van der Waals surface area contributed by atoms with Gasteiger partial charge in [-0.1, -0.05) is 24.3 Å².